The molecule has 1 amide bonds. The number of pyridine rings is 1. The lowest BCUT2D eigenvalue weighted by molar-refractivity contribution is -0.187. The van der Waals surface area contributed by atoms with Crippen LogP contribution in [-0.2, 0) is 0 Å². The molecule has 2 atom stereocenters. The normalized spacial score (nSPS) is 23.4. The fraction of sp³-hybridized carbons (Fsp3) is 0.538. The van der Waals surface area contributed by atoms with Gasteiger partial charge in [-0.05, 0) is 18.9 Å². The second-order valence-corrected chi connectivity index (χ2v) is 4.88. The van der Waals surface area contributed by atoms with Gasteiger partial charge in [0.2, 0.25) is 5.95 Å². The number of hydrogen-bond acceptors (Lipinski definition) is 2. The lowest BCUT2D eigenvalue weighted by Crippen LogP contribution is -2.47. The molecule has 3 nitrogen and oxygen atoms in total. The molecule has 0 radical (unpaired) electrons. The molecule has 0 saturated heterocycles. The van der Waals surface area contributed by atoms with Crippen molar-refractivity contribution < 1.29 is 22.4 Å². The van der Waals surface area contributed by atoms with Crippen molar-refractivity contribution in [2.24, 2.45) is 5.92 Å². The van der Waals surface area contributed by atoms with Crippen LogP contribution in [0.1, 0.15) is 36.0 Å². The Morgan fingerprint density at radius 1 is 1.30 bits per heavy atom. The van der Waals surface area contributed by atoms with E-state index in [0.717, 1.165) is 12.3 Å². The summed E-state index contributed by atoms with van der Waals surface area (Å²) in [6.45, 7) is 0. The van der Waals surface area contributed by atoms with E-state index in [1.54, 1.807) is 0 Å². The first kappa shape index (κ1) is 14.7. The molecular formula is C13H14F4N2O. The molecule has 0 spiro atoms. The number of nitrogens with zero attached hydrogens (tertiary/aromatic N) is 1. The summed E-state index contributed by atoms with van der Waals surface area (Å²) in [4.78, 5) is 15.2. The van der Waals surface area contributed by atoms with Gasteiger partial charge in [0.1, 0.15) is 0 Å². The van der Waals surface area contributed by atoms with Gasteiger partial charge in [0, 0.05) is 23.9 Å². The highest BCUT2D eigenvalue weighted by Gasteiger charge is 2.45. The fourth-order valence-corrected chi connectivity index (χ4v) is 2.49. The van der Waals surface area contributed by atoms with E-state index in [2.05, 4.69) is 10.3 Å². The maximum atomic E-state index is 12.9. The van der Waals surface area contributed by atoms with E-state index in [1.165, 1.54) is 6.07 Å². The van der Waals surface area contributed by atoms with Gasteiger partial charge in [-0.1, -0.05) is 12.8 Å². The monoisotopic (exact) mass is 290 g/mol. The molecule has 20 heavy (non-hydrogen) atoms. The molecule has 2 rings (SSSR count). The molecular weight excluding hydrogens is 276 g/mol. The van der Waals surface area contributed by atoms with Crippen LogP contribution >= 0.6 is 0 Å². The molecule has 0 unspecified atom stereocenters. The largest absolute Gasteiger partial charge is 0.393 e. The van der Waals surface area contributed by atoms with E-state index >= 15 is 0 Å². The SMILES string of the molecule is O=C(N[C@@H]1CCCC[C@H]1C(F)(F)F)c1ccnc(F)c1. The van der Waals surface area contributed by atoms with Crippen molar-refractivity contribution in [2.75, 3.05) is 0 Å². The van der Waals surface area contributed by atoms with E-state index < -0.39 is 30.0 Å². The number of alkyl halides is 3. The van der Waals surface area contributed by atoms with Crippen LogP contribution in [0.2, 0.25) is 0 Å². The Balaban J connectivity index is 2.09. The Morgan fingerprint density at radius 2 is 2.00 bits per heavy atom. The minimum Gasteiger partial charge on any atom is -0.349 e. The van der Waals surface area contributed by atoms with E-state index in [1.807, 2.05) is 0 Å². The molecule has 1 N–H and O–H groups in total. The van der Waals surface area contributed by atoms with Crippen molar-refractivity contribution in [3.63, 3.8) is 0 Å². The summed E-state index contributed by atoms with van der Waals surface area (Å²) in [5.74, 6) is -3.08. The molecule has 0 aliphatic heterocycles. The highest BCUT2D eigenvalue weighted by molar-refractivity contribution is 5.94. The number of carbonyl (C=O) groups is 1. The number of nitrogens with one attached hydrogen (secondary N) is 1. The van der Waals surface area contributed by atoms with Crippen LogP contribution in [-0.4, -0.2) is 23.1 Å². The summed E-state index contributed by atoms with van der Waals surface area (Å²) in [5, 5.41) is 2.37. The summed E-state index contributed by atoms with van der Waals surface area (Å²) in [6.07, 6.45) is -1.79. The van der Waals surface area contributed by atoms with Crippen molar-refractivity contribution >= 4 is 5.91 Å². The van der Waals surface area contributed by atoms with Crippen LogP contribution in [0.4, 0.5) is 17.6 Å². The van der Waals surface area contributed by atoms with E-state index in [9.17, 15) is 22.4 Å². The standard InChI is InChI=1S/C13H14F4N2O/c14-11-7-8(5-6-18-11)12(20)19-10-4-2-1-3-9(10)13(15,16)17/h5-7,9-10H,1-4H2,(H,19,20)/t9-,10-/m1/s1. The smallest absolute Gasteiger partial charge is 0.349 e. The van der Waals surface area contributed by atoms with Crippen molar-refractivity contribution in [1.29, 1.82) is 0 Å². The molecule has 1 aromatic heterocycles. The maximum absolute atomic E-state index is 12.9. The van der Waals surface area contributed by atoms with Gasteiger partial charge in [0.05, 0.1) is 5.92 Å². The third kappa shape index (κ3) is 3.46. The molecule has 1 aliphatic rings. The quantitative estimate of drug-likeness (QED) is 0.672. The lowest BCUT2D eigenvalue weighted by atomic mass is 9.84. The summed E-state index contributed by atoms with van der Waals surface area (Å²) in [6, 6.07) is 1.22. The van der Waals surface area contributed by atoms with Gasteiger partial charge >= 0.3 is 6.18 Å². The molecule has 1 heterocycles. The zero-order chi connectivity index (χ0) is 14.8. The predicted octanol–water partition coefficient (Wildman–Crippen LogP) is 3.07. The van der Waals surface area contributed by atoms with Gasteiger partial charge in [0.15, 0.2) is 0 Å². The van der Waals surface area contributed by atoms with Crippen LogP contribution < -0.4 is 5.32 Å². The first-order chi connectivity index (χ1) is 9.38. The van der Waals surface area contributed by atoms with Crippen LogP contribution in [0.5, 0.6) is 0 Å². The Hall–Kier alpha value is -1.66. The number of halogens is 4. The van der Waals surface area contributed by atoms with Crippen LogP contribution in [0.25, 0.3) is 0 Å². The number of rotatable bonds is 2. The first-order valence-electron chi connectivity index (χ1n) is 6.37. The Kier molecular flexibility index (Phi) is 4.25. The van der Waals surface area contributed by atoms with Gasteiger partial charge in [-0.25, -0.2) is 4.98 Å². The highest BCUT2D eigenvalue weighted by atomic mass is 19.4. The molecule has 1 aliphatic carbocycles. The zero-order valence-electron chi connectivity index (χ0n) is 10.6. The zero-order valence-corrected chi connectivity index (χ0v) is 10.6. The predicted molar refractivity (Wildman–Crippen MR) is 63.5 cm³/mol. The van der Waals surface area contributed by atoms with Gasteiger partial charge in [0.25, 0.3) is 5.91 Å². The minimum atomic E-state index is -4.33. The van der Waals surface area contributed by atoms with Gasteiger partial charge < -0.3 is 5.32 Å². The van der Waals surface area contributed by atoms with Crippen molar-refractivity contribution in [3.05, 3.63) is 29.8 Å². The molecule has 1 aromatic rings. The molecule has 1 fully saturated rings. The summed E-state index contributed by atoms with van der Waals surface area (Å²) >= 11 is 0. The molecule has 0 aromatic carbocycles. The van der Waals surface area contributed by atoms with Gasteiger partial charge in [-0.15, -0.1) is 0 Å². The van der Waals surface area contributed by atoms with Crippen molar-refractivity contribution in [1.82, 2.24) is 10.3 Å². The molecule has 0 bridgehead atoms. The first-order valence-corrected chi connectivity index (χ1v) is 6.37. The third-order valence-electron chi connectivity index (χ3n) is 3.49. The molecule has 110 valence electrons. The fourth-order valence-electron chi connectivity index (χ4n) is 2.49. The second kappa shape index (κ2) is 5.76. The van der Waals surface area contributed by atoms with Crippen LogP contribution in [0.3, 0.4) is 0 Å². The number of carbonyl (C=O) groups excluding carboxylic acids is 1. The van der Waals surface area contributed by atoms with Crippen molar-refractivity contribution in [2.45, 2.75) is 37.9 Å². The highest BCUT2D eigenvalue weighted by Crippen LogP contribution is 2.37. The van der Waals surface area contributed by atoms with Crippen molar-refractivity contribution in [3.8, 4) is 0 Å². The number of aromatic nitrogens is 1. The average Bonchev–Trinajstić information content (AvgIpc) is 2.38. The number of amides is 1. The summed E-state index contributed by atoms with van der Waals surface area (Å²) < 4.78 is 51.6. The van der Waals surface area contributed by atoms with Gasteiger partial charge in [-0.3, -0.25) is 4.79 Å². The number of hydrogen-bond donors (Lipinski definition) is 1. The Bertz CT molecular complexity index is 490. The lowest BCUT2D eigenvalue weighted by Gasteiger charge is -2.33. The van der Waals surface area contributed by atoms with Gasteiger partial charge in [-0.2, -0.15) is 17.6 Å². The van der Waals surface area contributed by atoms with E-state index in [4.69, 9.17) is 0 Å². The van der Waals surface area contributed by atoms with Crippen LogP contribution in [0.15, 0.2) is 18.3 Å². The molecule has 1 saturated carbocycles. The Morgan fingerprint density at radius 3 is 2.65 bits per heavy atom. The molecule has 7 heteroatoms. The van der Waals surface area contributed by atoms with Crippen LogP contribution in [0, 0.1) is 11.9 Å². The summed E-state index contributed by atoms with van der Waals surface area (Å²) in [7, 11) is 0. The maximum Gasteiger partial charge on any atom is 0.393 e. The minimum absolute atomic E-state index is 0.0130. The second-order valence-electron chi connectivity index (χ2n) is 4.88. The van der Waals surface area contributed by atoms with E-state index in [0.29, 0.717) is 12.8 Å². The summed E-state index contributed by atoms with van der Waals surface area (Å²) in [5.41, 5.74) is -0.0241. The van der Waals surface area contributed by atoms with E-state index in [-0.39, 0.29) is 18.4 Å². The average molecular weight is 290 g/mol. The third-order valence-corrected chi connectivity index (χ3v) is 3.49. The Labute approximate surface area is 113 Å². The topological polar surface area (TPSA) is 42.0 Å².